The Bertz CT molecular complexity index is 582. The monoisotopic (exact) mass is 315 g/mol. The fourth-order valence-electron chi connectivity index (χ4n) is 3.04. The minimum Gasteiger partial charge on any atom is -0.390 e. The first-order valence-corrected chi connectivity index (χ1v) is 9.28. The van der Waals surface area contributed by atoms with E-state index in [-0.39, 0.29) is 17.5 Å². The van der Waals surface area contributed by atoms with E-state index in [0.29, 0.717) is 0 Å². The molecule has 21 heavy (non-hydrogen) atoms. The quantitative estimate of drug-likeness (QED) is 0.821. The topological polar surface area (TPSA) is 75.4 Å². The summed E-state index contributed by atoms with van der Waals surface area (Å²) in [7, 11) is -3.09. The maximum Gasteiger partial charge on any atom is 0.154 e. The summed E-state index contributed by atoms with van der Waals surface area (Å²) in [5.41, 5.74) is 2.15. The summed E-state index contributed by atoms with van der Waals surface area (Å²) < 4.78 is 25.2. The molecule has 1 aromatic rings. The lowest BCUT2D eigenvalue weighted by molar-refractivity contribution is 0.0847. The number of aromatic nitrogens is 2. The second kappa shape index (κ2) is 6.46. The third kappa shape index (κ3) is 4.05. The number of aryl methyl sites for hydroxylation is 3. The van der Waals surface area contributed by atoms with Gasteiger partial charge in [-0.15, -0.1) is 0 Å². The summed E-state index contributed by atoms with van der Waals surface area (Å²) >= 11 is 0. The highest BCUT2D eigenvalue weighted by molar-refractivity contribution is 7.91. The molecule has 0 radical (unpaired) electrons. The minimum atomic E-state index is -3.09. The predicted molar refractivity (Wildman–Crippen MR) is 82.0 cm³/mol. The molecule has 0 aliphatic carbocycles. The molecule has 1 aromatic heterocycles. The molecule has 2 heterocycles. The van der Waals surface area contributed by atoms with Gasteiger partial charge < -0.3 is 5.11 Å². The Morgan fingerprint density at radius 2 is 2.14 bits per heavy atom. The molecule has 0 bridgehead atoms. The van der Waals surface area contributed by atoms with Crippen LogP contribution in [-0.4, -0.2) is 64.9 Å². The fraction of sp³-hybridized carbons (Fsp3) is 0.786. The number of aliphatic hydroxyl groups excluding tert-OH is 1. The third-order valence-corrected chi connectivity index (χ3v) is 5.79. The summed E-state index contributed by atoms with van der Waals surface area (Å²) in [4.78, 5) is 2.07. The number of hydrogen-bond donors (Lipinski definition) is 1. The molecule has 1 fully saturated rings. The second-order valence-corrected chi connectivity index (χ2v) is 8.00. The van der Waals surface area contributed by atoms with Crippen LogP contribution in [-0.2, 0) is 16.4 Å². The van der Waals surface area contributed by atoms with Gasteiger partial charge in [-0.3, -0.25) is 9.58 Å². The van der Waals surface area contributed by atoms with E-state index in [0.717, 1.165) is 37.4 Å². The van der Waals surface area contributed by atoms with Crippen molar-refractivity contribution in [2.24, 2.45) is 0 Å². The van der Waals surface area contributed by atoms with Crippen LogP contribution in [0.3, 0.4) is 0 Å². The highest BCUT2D eigenvalue weighted by Crippen LogP contribution is 2.18. The molecule has 1 saturated heterocycles. The van der Waals surface area contributed by atoms with Gasteiger partial charge in [0.05, 0.1) is 29.3 Å². The largest absolute Gasteiger partial charge is 0.390 e. The van der Waals surface area contributed by atoms with Crippen molar-refractivity contribution in [1.29, 1.82) is 0 Å². The number of sulfone groups is 1. The molecule has 120 valence electrons. The SMILES string of the molecule is CCN(CCCn1nc(C)cc1C)[C@@H]1CS(=O)(=O)C[C@H]1O. The van der Waals surface area contributed by atoms with E-state index in [4.69, 9.17) is 0 Å². The van der Waals surface area contributed by atoms with Crippen molar-refractivity contribution in [1.82, 2.24) is 14.7 Å². The van der Waals surface area contributed by atoms with Crippen LogP contribution >= 0.6 is 0 Å². The molecule has 1 aliphatic heterocycles. The van der Waals surface area contributed by atoms with Crippen molar-refractivity contribution in [3.63, 3.8) is 0 Å². The van der Waals surface area contributed by atoms with Crippen LogP contribution in [0.25, 0.3) is 0 Å². The average Bonchev–Trinajstić information content (AvgIpc) is 2.84. The number of rotatable bonds is 6. The van der Waals surface area contributed by atoms with Gasteiger partial charge in [-0.05, 0) is 32.9 Å². The van der Waals surface area contributed by atoms with E-state index < -0.39 is 15.9 Å². The smallest absolute Gasteiger partial charge is 0.154 e. The third-order valence-electron chi connectivity index (χ3n) is 4.09. The molecule has 2 rings (SSSR count). The number of likely N-dealkylation sites (N-methyl/N-ethyl adjacent to an activating group) is 1. The average molecular weight is 315 g/mol. The summed E-state index contributed by atoms with van der Waals surface area (Å²) in [5, 5.41) is 14.4. The van der Waals surface area contributed by atoms with Crippen LogP contribution in [0.15, 0.2) is 6.07 Å². The lowest BCUT2D eigenvalue weighted by Crippen LogP contribution is -2.43. The maximum atomic E-state index is 11.6. The van der Waals surface area contributed by atoms with Crippen molar-refractivity contribution in [2.45, 2.75) is 45.9 Å². The molecule has 2 atom stereocenters. The molecule has 1 aliphatic rings. The van der Waals surface area contributed by atoms with Gasteiger partial charge in [0.2, 0.25) is 0 Å². The molecule has 7 heteroatoms. The van der Waals surface area contributed by atoms with Crippen molar-refractivity contribution >= 4 is 9.84 Å². The Morgan fingerprint density at radius 3 is 2.62 bits per heavy atom. The summed E-state index contributed by atoms with van der Waals surface area (Å²) in [5.74, 6) is -0.0342. The van der Waals surface area contributed by atoms with E-state index in [1.54, 1.807) is 0 Å². The maximum absolute atomic E-state index is 11.6. The van der Waals surface area contributed by atoms with Crippen molar-refractivity contribution in [3.05, 3.63) is 17.5 Å². The van der Waals surface area contributed by atoms with E-state index in [2.05, 4.69) is 10.00 Å². The molecular weight excluding hydrogens is 290 g/mol. The highest BCUT2D eigenvalue weighted by atomic mass is 32.2. The van der Waals surface area contributed by atoms with Crippen LogP contribution in [0.2, 0.25) is 0 Å². The van der Waals surface area contributed by atoms with Crippen molar-refractivity contribution < 1.29 is 13.5 Å². The van der Waals surface area contributed by atoms with Gasteiger partial charge in [-0.1, -0.05) is 6.92 Å². The van der Waals surface area contributed by atoms with Crippen LogP contribution < -0.4 is 0 Å². The van der Waals surface area contributed by atoms with Gasteiger partial charge in [-0.2, -0.15) is 5.10 Å². The number of nitrogens with zero attached hydrogens (tertiary/aromatic N) is 3. The Kier molecular flexibility index (Phi) is 5.06. The minimum absolute atomic E-state index is 0.0713. The van der Waals surface area contributed by atoms with Gasteiger partial charge in [0, 0.05) is 18.8 Å². The lowest BCUT2D eigenvalue weighted by Gasteiger charge is -2.28. The standard InChI is InChI=1S/C14H25N3O3S/c1-4-16(13-9-21(19,20)10-14(13)18)6-5-7-17-12(3)8-11(2)15-17/h8,13-14,18H,4-7,9-10H2,1-3H3/t13-,14-/m1/s1. The van der Waals surface area contributed by atoms with E-state index in [1.807, 2.05) is 31.5 Å². The van der Waals surface area contributed by atoms with Crippen LogP contribution in [0.4, 0.5) is 0 Å². The summed E-state index contributed by atoms with van der Waals surface area (Å²) in [6.07, 6.45) is 0.127. The Labute approximate surface area is 126 Å². The first-order valence-electron chi connectivity index (χ1n) is 7.46. The molecule has 6 nitrogen and oxygen atoms in total. The molecule has 0 amide bonds. The molecule has 0 aromatic carbocycles. The Morgan fingerprint density at radius 1 is 1.43 bits per heavy atom. The first kappa shape index (κ1) is 16.5. The van der Waals surface area contributed by atoms with Crippen LogP contribution in [0, 0.1) is 13.8 Å². The van der Waals surface area contributed by atoms with Crippen LogP contribution in [0.5, 0.6) is 0 Å². The second-order valence-electron chi connectivity index (χ2n) is 5.84. The molecule has 0 spiro atoms. The zero-order valence-corrected chi connectivity index (χ0v) is 13.8. The Balaban J connectivity index is 1.90. The fourth-order valence-corrected chi connectivity index (χ4v) is 4.87. The Hall–Kier alpha value is -0.920. The van der Waals surface area contributed by atoms with E-state index >= 15 is 0 Å². The molecule has 0 saturated carbocycles. The zero-order chi connectivity index (χ0) is 15.6. The van der Waals surface area contributed by atoms with Crippen LogP contribution in [0.1, 0.15) is 24.7 Å². The van der Waals surface area contributed by atoms with Crippen molar-refractivity contribution in [2.75, 3.05) is 24.6 Å². The highest BCUT2D eigenvalue weighted by Gasteiger charge is 2.39. The van der Waals surface area contributed by atoms with Gasteiger partial charge in [0.15, 0.2) is 9.84 Å². The predicted octanol–water partition coefficient (Wildman–Crippen LogP) is 0.370. The van der Waals surface area contributed by atoms with Crippen molar-refractivity contribution in [3.8, 4) is 0 Å². The van der Waals surface area contributed by atoms with Gasteiger partial charge >= 0.3 is 0 Å². The summed E-state index contributed by atoms with van der Waals surface area (Å²) in [6, 6.07) is 1.78. The normalized spacial score (nSPS) is 24.8. The summed E-state index contributed by atoms with van der Waals surface area (Å²) in [6.45, 7) is 8.33. The molecule has 0 unspecified atom stereocenters. The molecule has 1 N–H and O–H groups in total. The zero-order valence-electron chi connectivity index (χ0n) is 13.0. The number of aliphatic hydroxyl groups is 1. The lowest BCUT2D eigenvalue weighted by atomic mass is 10.1. The molecular formula is C14H25N3O3S. The number of hydrogen-bond acceptors (Lipinski definition) is 5. The van der Waals surface area contributed by atoms with Gasteiger partial charge in [-0.25, -0.2) is 8.42 Å². The van der Waals surface area contributed by atoms with Gasteiger partial charge in [0.25, 0.3) is 0 Å². The van der Waals surface area contributed by atoms with Gasteiger partial charge in [0.1, 0.15) is 0 Å². The first-order chi connectivity index (χ1) is 9.82. The van der Waals surface area contributed by atoms with E-state index in [9.17, 15) is 13.5 Å². The van der Waals surface area contributed by atoms with E-state index in [1.165, 1.54) is 0 Å².